The number of carbonyl (C=O) groups excluding carboxylic acids is 4. The molecule has 0 unspecified atom stereocenters. The van der Waals surface area contributed by atoms with Crippen LogP contribution in [-0.2, 0) is 15.1 Å². The number of rotatable bonds is 5. The number of nitrogens with two attached hydrogens (primary N) is 1. The molecule has 1 aliphatic heterocycles. The second kappa shape index (κ2) is 7.44. The van der Waals surface area contributed by atoms with Crippen LogP contribution in [0.5, 0.6) is 0 Å². The van der Waals surface area contributed by atoms with Crippen LogP contribution in [-0.4, -0.2) is 35.2 Å². The monoisotopic (exact) mass is 391 g/mol. The summed E-state index contributed by atoms with van der Waals surface area (Å²) in [6.07, 6.45) is 0. The predicted molar refractivity (Wildman–Crippen MR) is 102 cm³/mol. The highest BCUT2D eigenvalue weighted by molar-refractivity contribution is 6.10. The van der Waals surface area contributed by atoms with Crippen molar-refractivity contribution in [2.24, 2.45) is 5.73 Å². The van der Waals surface area contributed by atoms with Crippen LogP contribution in [0, 0.1) is 11.3 Å². The second-order valence-corrected chi connectivity index (χ2v) is 6.63. The standard InChI is InChI=1S/C20H17N5O4/c1-20(14-6-2-12(10-21)3-7-14)18(28)25(19(29)24-20)11-16(26)23-15-8-4-13(5-9-15)17(22)27/h2-9H,11H2,1H3,(H2,22,27)(H,23,26)(H,24,29)/t20-/m0/s1. The van der Waals surface area contributed by atoms with Gasteiger partial charge in [-0.1, -0.05) is 12.1 Å². The van der Waals surface area contributed by atoms with E-state index in [1.54, 1.807) is 24.3 Å². The lowest BCUT2D eigenvalue weighted by molar-refractivity contribution is -0.133. The first-order valence-corrected chi connectivity index (χ1v) is 8.59. The van der Waals surface area contributed by atoms with Crippen molar-refractivity contribution in [3.63, 3.8) is 0 Å². The minimum Gasteiger partial charge on any atom is -0.366 e. The molecule has 0 saturated carbocycles. The van der Waals surface area contributed by atoms with Gasteiger partial charge in [0.05, 0.1) is 11.6 Å². The average molecular weight is 391 g/mol. The number of benzene rings is 2. The quantitative estimate of drug-likeness (QED) is 0.653. The molecule has 9 heteroatoms. The van der Waals surface area contributed by atoms with E-state index in [9.17, 15) is 19.2 Å². The molecule has 1 heterocycles. The molecule has 1 fully saturated rings. The van der Waals surface area contributed by atoms with Crippen LogP contribution in [0.3, 0.4) is 0 Å². The van der Waals surface area contributed by atoms with Crippen molar-refractivity contribution >= 4 is 29.4 Å². The fourth-order valence-electron chi connectivity index (χ4n) is 2.98. The number of carbonyl (C=O) groups is 4. The van der Waals surface area contributed by atoms with E-state index in [4.69, 9.17) is 11.0 Å². The zero-order chi connectivity index (χ0) is 21.2. The Labute approximate surface area is 166 Å². The SMILES string of the molecule is C[C@@]1(c2ccc(C#N)cc2)NC(=O)N(CC(=O)Nc2ccc(C(N)=O)cc2)C1=O. The van der Waals surface area contributed by atoms with Crippen molar-refractivity contribution in [2.75, 3.05) is 11.9 Å². The van der Waals surface area contributed by atoms with Gasteiger partial charge in [0.1, 0.15) is 12.1 Å². The first kappa shape index (κ1) is 19.6. The van der Waals surface area contributed by atoms with E-state index in [2.05, 4.69) is 10.6 Å². The van der Waals surface area contributed by atoms with Crippen molar-refractivity contribution in [2.45, 2.75) is 12.5 Å². The van der Waals surface area contributed by atoms with Gasteiger partial charge in [0.15, 0.2) is 0 Å². The van der Waals surface area contributed by atoms with Crippen LogP contribution in [0.4, 0.5) is 10.5 Å². The van der Waals surface area contributed by atoms with E-state index in [0.717, 1.165) is 4.90 Å². The van der Waals surface area contributed by atoms with Gasteiger partial charge in [0, 0.05) is 11.3 Å². The number of anilines is 1. The zero-order valence-electron chi connectivity index (χ0n) is 15.4. The van der Waals surface area contributed by atoms with E-state index < -0.39 is 35.8 Å². The zero-order valence-corrected chi connectivity index (χ0v) is 15.4. The van der Waals surface area contributed by atoms with Gasteiger partial charge < -0.3 is 16.4 Å². The molecule has 5 amide bonds. The molecule has 2 aromatic carbocycles. The first-order valence-electron chi connectivity index (χ1n) is 8.59. The Hall–Kier alpha value is -4.19. The lowest BCUT2D eigenvalue weighted by Gasteiger charge is -2.22. The Bertz CT molecular complexity index is 1040. The molecule has 9 nitrogen and oxygen atoms in total. The Morgan fingerprint density at radius 1 is 1.14 bits per heavy atom. The van der Waals surface area contributed by atoms with Crippen molar-refractivity contribution in [1.82, 2.24) is 10.2 Å². The molecule has 146 valence electrons. The third-order valence-electron chi connectivity index (χ3n) is 4.62. The van der Waals surface area contributed by atoms with E-state index in [1.165, 1.54) is 31.2 Å². The number of amides is 5. The van der Waals surface area contributed by atoms with Crippen LogP contribution in [0.25, 0.3) is 0 Å². The number of hydrogen-bond donors (Lipinski definition) is 3. The van der Waals surface area contributed by atoms with E-state index in [-0.39, 0.29) is 5.56 Å². The highest BCUT2D eigenvalue weighted by Gasteiger charge is 2.49. The van der Waals surface area contributed by atoms with Crippen LogP contribution >= 0.6 is 0 Å². The number of imide groups is 1. The van der Waals surface area contributed by atoms with E-state index >= 15 is 0 Å². The highest BCUT2D eigenvalue weighted by atomic mass is 16.2. The number of nitriles is 1. The normalized spacial score (nSPS) is 18.1. The predicted octanol–water partition coefficient (Wildman–Crippen LogP) is 1.06. The molecule has 0 bridgehead atoms. The van der Waals surface area contributed by atoms with Gasteiger partial charge in [-0.15, -0.1) is 0 Å². The van der Waals surface area contributed by atoms with Crippen molar-refractivity contribution in [1.29, 1.82) is 5.26 Å². The summed E-state index contributed by atoms with van der Waals surface area (Å²) in [5.41, 5.74) is 5.43. The summed E-state index contributed by atoms with van der Waals surface area (Å²) < 4.78 is 0. The molecule has 0 radical (unpaired) electrons. The number of nitrogens with zero attached hydrogens (tertiary/aromatic N) is 2. The third kappa shape index (κ3) is 3.77. The fourth-order valence-corrected chi connectivity index (χ4v) is 2.98. The largest absolute Gasteiger partial charge is 0.366 e. The third-order valence-corrected chi connectivity index (χ3v) is 4.62. The molecule has 0 aliphatic carbocycles. The summed E-state index contributed by atoms with van der Waals surface area (Å²) in [5.74, 6) is -1.75. The molecule has 1 atom stereocenters. The molecule has 1 aliphatic rings. The number of hydrogen-bond acceptors (Lipinski definition) is 5. The molecule has 29 heavy (non-hydrogen) atoms. The van der Waals surface area contributed by atoms with Gasteiger partial charge >= 0.3 is 6.03 Å². The minimum absolute atomic E-state index is 0.287. The van der Waals surface area contributed by atoms with Crippen molar-refractivity contribution in [3.05, 3.63) is 65.2 Å². The van der Waals surface area contributed by atoms with Gasteiger partial charge in [-0.25, -0.2) is 4.79 Å². The van der Waals surface area contributed by atoms with Crippen LogP contribution in [0.2, 0.25) is 0 Å². The summed E-state index contributed by atoms with van der Waals surface area (Å²) in [6.45, 7) is 1.06. The second-order valence-electron chi connectivity index (χ2n) is 6.63. The number of nitrogens with one attached hydrogen (secondary N) is 2. The summed E-state index contributed by atoms with van der Waals surface area (Å²) >= 11 is 0. The summed E-state index contributed by atoms with van der Waals surface area (Å²) in [4.78, 5) is 49.4. The van der Waals surface area contributed by atoms with Crippen molar-refractivity contribution < 1.29 is 19.2 Å². The van der Waals surface area contributed by atoms with Crippen LogP contribution in [0.15, 0.2) is 48.5 Å². The van der Waals surface area contributed by atoms with Gasteiger partial charge in [-0.05, 0) is 48.9 Å². The van der Waals surface area contributed by atoms with Gasteiger partial charge in [0.2, 0.25) is 11.8 Å². The highest BCUT2D eigenvalue weighted by Crippen LogP contribution is 2.29. The molecule has 3 rings (SSSR count). The van der Waals surface area contributed by atoms with Crippen LogP contribution < -0.4 is 16.4 Å². The molecular formula is C20H17N5O4. The minimum atomic E-state index is -1.34. The lowest BCUT2D eigenvalue weighted by atomic mass is 9.91. The Balaban J connectivity index is 1.71. The summed E-state index contributed by atoms with van der Waals surface area (Å²) in [7, 11) is 0. The fraction of sp³-hybridized carbons (Fsp3) is 0.150. The maximum Gasteiger partial charge on any atom is 0.325 e. The maximum atomic E-state index is 12.8. The molecule has 2 aromatic rings. The summed E-state index contributed by atoms with van der Waals surface area (Å²) in [6, 6.07) is 13.4. The molecule has 1 saturated heterocycles. The Kier molecular flexibility index (Phi) is 5.02. The van der Waals surface area contributed by atoms with Crippen molar-refractivity contribution in [3.8, 4) is 6.07 Å². The van der Waals surface area contributed by atoms with Gasteiger partial charge in [-0.2, -0.15) is 5.26 Å². The molecule has 4 N–H and O–H groups in total. The van der Waals surface area contributed by atoms with E-state index in [0.29, 0.717) is 16.8 Å². The molecule has 0 aromatic heterocycles. The smallest absolute Gasteiger partial charge is 0.325 e. The molecular weight excluding hydrogens is 374 g/mol. The Morgan fingerprint density at radius 3 is 2.31 bits per heavy atom. The number of primary amides is 1. The van der Waals surface area contributed by atoms with Gasteiger partial charge in [-0.3, -0.25) is 19.3 Å². The summed E-state index contributed by atoms with van der Waals surface area (Å²) in [5, 5.41) is 14.0. The first-order chi connectivity index (χ1) is 13.7. The van der Waals surface area contributed by atoms with Crippen LogP contribution in [0.1, 0.15) is 28.4 Å². The molecule has 0 spiro atoms. The lowest BCUT2D eigenvalue weighted by Crippen LogP contribution is -2.42. The maximum absolute atomic E-state index is 12.8. The Morgan fingerprint density at radius 2 is 1.76 bits per heavy atom. The van der Waals surface area contributed by atoms with Gasteiger partial charge in [0.25, 0.3) is 5.91 Å². The number of urea groups is 1. The topological polar surface area (TPSA) is 145 Å². The van der Waals surface area contributed by atoms with E-state index in [1.807, 2.05) is 6.07 Å². The average Bonchev–Trinajstić information content (AvgIpc) is 2.92.